The maximum atomic E-state index is 12.2. The maximum Gasteiger partial charge on any atom is 0.220 e. The molecule has 0 radical (unpaired) electrons. The van der Waals surface area contributed by atoms with Crippen LogP contribution < -0.4 is 5.32 Å². The summed E-state index contributed by atoms with van der Waals surface area (Å²) in [6, 6.07) is 16.2. The average molecular weight is 336 g/mol. The van der Waals surface area contributed by atoms with Gasteiger partial charge < -0.3 is 5.32 Å². The molecule has 0 spiro atoms. The van der Waals surface area contributed by atoms with Gasteiger partial charge >= 0.3 is 0 Å². The fourth-order valence-corrected chi connectivity index (χ4v) is 3.39. The van der Waals surface area contributed by atoms with E-state index in [1.807, 2.05) is 35.7 Å². The first-order valence-corrected chi connectivity index (χ1v) is 8.91. The van der Waals surface area contributed by atoms with E-state index < -0.39 is 0 Å². The lowest BCUT2D eigenvalue weighted by Gasteiger charge is -2.09. The highest BCUT2D eigenvalue weighted by atomic mass is 32.1. The van der Waals surface area contributed by atoms with Crippen molar-refractivity contribution in [1.29, 1.82) is 0 Å². The van der Waals surface area contributed by atoms with Gasteiger partial charge in [0.25, 0.3) is 0 Å². The van der Waals surface area contributed by atoms with Crippen LogP contribution in [-0.4, -0.2) is 10.9 Å². The topological polar surface area (TPSA) is 42.0 Å². The molecule has 3 nitrogen and oxygen atoms in total. The predicted octanol–water partition coefficient (Wildman–Crippen LogP) is 4.37. The minimum absolute atomic E-state index is 0.0687. The van der Waals surface area contributed by atoms with Crippen molar-refractivity contribution in [1.82, 2.24) is 10.3 Å². The molecule has 0 aliphatic rings. The Morgan fingerprint density at radius 1 is 1.08 bits per heavy atom. The van der Waals surface area contributed by atoms with E-state index in [2.05, 4.69) is 35.4 Å². The Kier molecular flexibility index (Phi) is 5.39. The molecule has 24 heavy (non-hydrogen) atoms. The van der Waals surface area contributed by atoms with Crippen LogP contribution in [0.3, 0.4) is 0 Å². The molecular weight excluding hydrogens is 316 g/mol. The van der Waals surface area contributed by atoms with Gasteiger partial charge in [0.2, 0.25) is 5.91 Å². The smallest absolute Gasteiger partial charge is 0.220 e. The van der Waals surface area contributed by atoms with Crippen LogP contribution >= 0.6 is 11.3 Å². The Labute approximate surface area is 146 Å². The summed E-state index contributed by atoms with van der Waals surface area (Å²) in [6.07, 6.45) is 3.06. The highest BCUT2D eigenvalue weighted by Crippen LogP contribution is 2.25. The second-order valence-corrected chi connectivity index (χ2v) is 6.64. The number of hydrogen-bond acceptors (Lipinski definition) is 3. The van der Waals surface area contributed by atoms with Gasteiger partial charge in [-0.1, -0.05) is 36.4 Å². The number of nitrogens with one attached hydrogen (secondary N) is 1. The monoisotopic (exact) mass is 336 g/mol. The molecule has 0 fully saturated rings. The molecule has 2 aromatic heterocycles. The molecule has 1 amide bonds. The fraction of sp³-hybridized carbons (Fsp3) is 0.200. The second kappa shape index (κ2) is 7.88. The van der Waals surface area contributed by atoms with E-state index in [-0.39, 0.29) is 5.91 Å². The summed E-state index contributed by atoms with van der Waals surface area (Å²) in [6.45, 7) is 2.59. The summed E-state index contributed by atoms with van der Waals surface area (Å²) in [4.78, 5) is 17.8. The Hall–Kier alpha value is -2.46. The van der Waals surface area contributed by atoms with Crippen LogP contribution in [0.1, 0.15) is 23.1 Å². The van der Waals surface area contributed by atoms with Gasteiger partial charge in [-0.05, 0) is 47.5 Å². The predicted molar refractivity (Wildman–Crippen MR) is 98.9 cm³/mol. The zero-order valence-corrected chi connectivity index (χ0v) is 14.5. The van der Waals surface area contributed by atoms with E-state index in [0.29, 0.717) is 13.0 Å². The standard InChI is InChI=1S/C20H20N2OS/c1-15-6-2-3-7-16(15)10-11-19(23)22-14-17-8-4-12-21-20(17)18-9-5-13-24-18/h2-9,12-13H,10-11,14H2,1H3,(H,22,23). The lowest BCUT2D eigenvalue weighted by atomic mass is 10.0. The van der Waals surface area contributed by atoms with Crippen molar-refractivity contribution in [2.24, 2.45) is 0 Å². The molecule has 0 aliphatic carbocycles. The number of aryl methyl sites for hydroxylation is 2. The normalized spacial score (nSPS) is 10.5. The maximum absolute atomic E-state index is 12.2. The lowest BCUT2D eigenvalue weighted by molar-refractivity contribution is -0.121. The van der Waals surface area contributed by atoms with Crippen molar-refractivity contribution < 1.29 is 4.79 Å². The molecule has 0 saturated heterocycles. The quantitative estimate of drug-likeness (QED) is 0.726. The zero-order valence-electron chi connectivity index (χ0n) is 13.7. The van der Waals surface area contributed by atoms with Crippen molar-refractivity contribution >= 4 is 17.2 Å². The number of aromatic nitrogens is 1. The summed E-state index contributed by atoms with van der Waals surface area (Å²) in [7, 11) is 0. The summed E-state index contributed by atoms with van der Waals surface area (Å²) in [5, 5.41) is 5.05. The average Bonchev–Trinajstić information content (AvgIpc) is 3.14. The van der Waals surface area contributed by atoms with Crippen LogP contribution in [-0.2, 0) is 17.8 Å². The molecule has 4 heteroatoms. The number of rotatable bonds is 6. The van der Waals surface area contributed by atoms with Crippen molar-refractivity contribution in [3.63, 3.8) is 0 Å². The molecule has 0 atom stereocenters. The van der Waals surface area contributed by atoms with Gasteiger partial charge in [-0.2, -0.15) is 0 Å². The van der Waals surface area contributed by atoms with Crippen molar-refractivity contribution in [2.45, 2.75) is 26.3 Å². The number of benzene rings is 1. The number of pyridine rings is 1. The number of carbonyl (C=O) groups is 1. The summed E-state index contributed by atoms with van der Waals surface area (Å²) >= 11 is 1.66. The highest BCUT2D eigenvalue weighted by molar-refractivity contribution is 7.13. The third-order valence-electron chi connectivity index (χ3n) is 4.00. The van der Waals surface area contributed by atoms with Crippen molar-refractivity contribution in [2.75, 3.05) is 0 Å². The molecule has 3 rings (SSSR count). The second-order valence-electron chi connectivity index (χ2n) is 5.69. The van der Waals surface area contributed by atoms with Gasteiger partial charge in [0.1, 0.15) is 0 Å². The lowest BCUT2D eigenvalue weighted by Crippen LogP contribution is -2.23. The van der Waals surface area contributed by atoms with Crippen LogP contribution in [0.5, 0.6) is 0 Å². The summed E-state index contributed by atoms with van der Waals surface area (Å²) < 4.78 is 0. The van der Waals surface area contributed by atoms with E-state index in [1.165, 1.54) is 11.1 Å². The fourth-order valence-electron chi connectivity index (χ4n) is 2.64. The Bertz CT molecular complexity index is 812. The first-order valence-electron chi connectivity index (χ1n) is 8.03. The largest absolute Gasteiger partial charge is 0.352 e. The minimum atomic E-state index is 0.0687. The Balaban J connectivity index is 1.58. The number of thiophene rings is 1. The number of nitrogens with zero attached hydrogens (tertiary/aromatic N) is 1. The highest BCUT2D eigenvalue weighted by Gasteiger charge is 2.09. The third kappa shape index (κ3) is 4.09. The summed E-state index contributed by atoms with van der Waals surface area (Å²) in [5.74, 6) is 0.0687. The van der Waals surface area contributed by atoms with Crippen LogP contribution in [0.2, 0.25) is 0 Å². The number of amides is 1. The van der Waals surface area contributed by atoms with Gasteiger partial charge in [0, 0.05) is 19.2 Å². The molecule has 2 heterocycles. The van der Waals surface area contributed by atoms with E-state index in [0.717, 1.165) is 22.6 Å². The van der Waals surface area contributed by atoms with Crippen LogP contribution in [0.15, 0.2) is 60.1 Å². The van der Waals surface area contributed by atoms with Crippen LogP contribution in [0, 0.1) is 6.92 Å². The van der Waals surface area contributed by atoms with Crippen molar-refractivity contribution in [3.8, 4) is 10.6 Å². The number of hydrogen-bond donors (Lipinski definition) is 1. The van der Waals surface area contributed by atoms with Gasteiger partial charge in [-0.25, -0.2) is 0 Å². The van der Waals surface area contributed by atoms with Gasteiger partial charge in [0.05, 0.1) is 10.6 Å². The molecule has 0 bridgehead atoms. The Morgan fingerprint density at radius 3 is 2.71 bits per heavy atom. The van der Waals surface area contributed by atoms with Crippen LogP contribution in [0.4, 0.5) is 0 Å². The SMILES string of the molecule is Cc1ccccc1CCC(=O)NCc1cccnc1-c1cccs1. The summed E-state index contributed by atoms with van der Waals surface area (Å²) in [5.41, 5.74) is 4.46. The molecular formula is C20H20N2OS. The molecule has 1 aromatic carbocycles. The first-order chi connectivity index (χ1) is 11.7. The van der Waals surface area contributed by atoms with E-state index in [4.69, 9.17) is 0 Å². The minimum Gasteiger partial charge on any atom is -0.352 e. The molecule has 0 saturated carbocycles. The number of carbonyl (C=O) groups excluding carboxylic acids is 1. The van der Waals surface area contributed by atoms with E-state index >= 15 is 0 Å². The van der Waals surface area contributed by atoms with E-state index in [1.54, 1.807) is 17.5 Å². The van der Waals surface area contributed by atoms with Gasteiger partial charge in [-0.3, -0.25) is 9.78 Å². The molecule has 0 aliphatic heterocycles. The van der Waals surface area contributed by atoms with Crippen molar-refractivity contribution in [3.05, 3.63) is 76.8 Å². The van der Waals surface area contributed by atoms with E-state index in [9.17, 15) is 4.79 Å². The first kappa shape index (κ1) is 16.4. The zero-order chi connectivity index (χ0) is 16.8. The Morgan fingerprint density at radius 2 is 1.92 bits per heavy atom. The van der Waals surface area contributed by atoms with Gasteiger partial charge in [-0.15, -0.1) is 11.3 Å². The van der Waals surface area contributed by atoms with Crippen LogP contribution in [0.25, 0.3) is 10.6 Å². The third-order valence-corrected chi connectivity index (χ3v) is 4.88. The molecule has 1 N–H and O–H groups in total. The molecule has 3 aromatic rings. The van der Waals surface area contributed by atoms with Gasteiger partial charge in [0.15, 0.2) is 0 Å². The molecule has 0 unspecified atom stereocenters. The molecule has 122 valence electrons.